The van der Waals surface area contributed by atoms with Gasteiger partial charge in [-0.1, -0.05) is 0 Å². The van der Waals surface area contributed by atoms with E-state index >= 15 is 0 Å². The Labute approximate surface area is 120 Å². The minimum absolute atomic E-state index is 0.403. The molecule has 2 N–H and O–H groups in total. The molecule has 2 rings (SSSR count). The lowest BCUT2D eigenvalue weighted by molar-refractivity contribution is 0.171. The first-order chi connectivity index (χ1) is 8.24. The Balaban J connectivity index is 2.00. The maximum Gasteiger partial charge on any atom is 0.0701 e. The van der Waals surface area contributed by atoms with Gasteiger partial charge in [-0.15, -0.1) is 11.3 Å². The summed E-state index contributed by atoms with van der Waals surface area (Å²) in [5.41, 5.74) is 7.32. The molecule has 1 aliphatic rings. The number of likely N-dealkylation sites (tertiary alicyclic amines) is 1. The fourth-order valence-electron chi connectivity index (χ4n) is 2.42. The van der Waals surface area contributed by atoms with Crippen molar-refractivity contribution in [1.29, 1.82) is 0 Å². The molecule has 1 fully saturated rings. The summed E-state index contributed by atoms with van der Waals surface area (Å²) in [7, 11) is 0. The Morgan fingerprint density at radius 2 is 2.29 bits per heavy atom. The fourth-order valence-corrected chi connectivity index (χ4v) is 4.32. The van der Waals surface area contributed by atoms with Crippen molar-refractivity contribution in [3.63, 3.8) is 0 Å². The lowest BCUT2D eigenvalue weighted by atomic mass is 10.0. The van der Waals surface area contributed by atoms with Crippen molar-refractivity contribution in [1.82, 2.24) is 4.90 Å². The number of rotatable bonds is 4. The van der Waals surface area contributed by atoms with Crippen molar-refractivity contribution in [2.45, 2.75) is 24.1 Å². The summed E-state index contributed by atoms with van der Waals surface area (Å²) in [5.74, 6) is 0. The van der Waals surface area contributed by atoms with Crippen molar-refractivity contribution in [2.75, 3.05) is 25.9 Å². The monoisotopic (exact) mass is 334 g/mol. The van der Waals surface area contributed by atoms with Crippen molar-refractivity contribution in [2.24, 2.45) is 5.73 Å². The molecule has 1 aliphatic heterocycles. The highest BCUT2D eigenvalue weighted by Gasteiger charge is 2.25. The smallest absolute Gasteiger partial charge is 0.0701 e. The second-order valence-corrected chi connectivity index (χ2v) is 7.84. The van der Waals surface area contributed by atoms with E-state index in [9.17, 15) is 0 Å². The summed E-state index contributed by atoms with van der Waals surface area (Å²) >= 11 is 7.28. The normalized spacial score (nSPS) is 20.6. The number of hydrogen-bond donors (Lipinski definition) is 1. The summed E-state index contributed by atoms with van der Waals surface area (Å²) < 4.78 is 1.20. The summed E-state index contributed by atoms with van der Waals surface area (Å²) in [5, 5.41) is 3.07. The first kappa shape index (κ1) is 13.9. The van der Waals surface area contributed by atoms with E-state index in [-0.39, 0.29) is 0 Å². The number of hydrogen-bond acceptors (Lipinski definition) is 4. The van der Waals surface area contributed by atoms with Gasteiger partial charge in [0.25, 0.3) is 0 Å². The highest BCUT2D eigenvalue weighted by Crippen LogP contribution is 2.31. The summed E-state index contributed by atoms with van der Waals surface area (Å²) in [6.07, 6.45) is 4.81. The predicted molar refractivity (Wildman–Crippen MR) is 81.9 cm³/mol. The maximum absolute atomic E-state index is 5.95. The van der Waals surface area contributed by atoms with Gasteiger partial charge in [0.15, 0.2) is 0 Å². The fraction of sp³-hybridized carbons (Fsp3) is 0.667. The van der Waals surface area contributed by atoms with E-state index in [2.05, 4.69) is 38.5 Å². The van der Waals surface area contributed by atoms with Gasteiger partial charge in [0.2, 0.25) is 0 Å². The first-order valence-electron chi connectivity index (χ1n) is 5.95. The van der Waals surface area contributed by atoms with Crippen molar-refractivity contribution >= 4 is 39.0 Å². The van der Waals surface area contributed by atoms with E-state index in [4.69, 9.17) is 5.73 Å². The van der Waals surface area contributed by atoms with Crippen molar-refractivity contribution < 1.29 is 0 Å². The van der Waals surface area contributed by atoms with Crippen LogP contribution in [-0.2, 0) is 0 Å². The minimum atomic E-state index is 0.403. The van der Waals surface area contributed by atoms with Crippen LogP contribution in [0, 0.1) is 0 Å². The topological polar surface area (TPSA) is 29.3 Å². The third kappa shape index (κ3) is 3.47. The highest BCUT2D eigenvalue weighted by molar-refractivity contribution is 9.11. The van der Waals surface area contributed by atoms with E-state index < -0.39 is 0 Å². The van der Waals surface area contributed by atoms with E-state index in [1.165, 1.54) is 35.3 Å². The number of thioether (sulfide) groups is 1. The number of nitrogens with two attached hydrogens (primary N) is 1. The van der Waals surface area contributed by atoms with E-state index in [1.54, 1.807) is 11.3 Å². The van der Waals surface area contributed by atoms with Gasteiger partial charge < -0.3 is 5.73 Å². The van der Waals surface area contributed by atoms with Crippen molar-refractivity contribution in [3.05, 3.63) is 20.8 Å². The first-order valence-corrected chi connectivity index (χ1v) is 8.91. The quantitative estimate of drug-likeness (QED) is 0.915. The molecule has 1 saturated heterocycles. The van der Waals surface area contributed by atoms with Crippen LogP contribution in [0.15, 0.2) is 15.2 Å². The summed E-state index contributed by atoms with van der Waals surface area (Å²) in [6, 6.07) is 2.61. The number of piperidine rings is 1. The number of halogens is 1. The van der Waals surface area contributed by atoms with Crippen LogP contribution in [0.25, 0.3) is 0 Å². The zero-order valence-corrected chi connectivity index (χ0v) is 13.3. The molecular formula is C12H19BrN2S2. The molecule has 0 spiro atoms. The van der Waals surface area contributed by atoms with Gasteiger partial charge in [-0.25, -0.2) is 0 Å². The number of nitrogens with zero attached hydrogens (tertiary/aromatic N) is 1. The average molecular weight is 335 g/mol. The molecule has 1 atom stereocenters. The predicted octanol–water partition coefficient (Wildman–Crippen LogP) is 3.34. The molecule has 96 valence electrons. The summed E-state index contributed by atoms with van der Waals surface area (Å²) in [6.45, 7) is 3.08. The zero-order chi connectivity index (χ0) is 12.3. The number of thiophene rings is 1. The molecule has 1 unspecified atom stereocenters. The minimum Gasteiger partial charge on any atom is -0.329 e. The third-order valence-corrected chi connectivity index (χ3v) is 6.11. The van der Waals surface area contributed by atoms with Crippen LogP contribution >= 0.6 is 39.0 Å². The third-order valence-electron chi connectivity index (χ3n) is 3.45. The van der Waals surface area contributed by atoms with Gasteiger partial charge in [0, 0.05) is 17.8 Å². The van der Waals surface area contributed by atoms with E-state index in [0.29, 0.717) is 12.6 Å². The van der Waals surface area contributed by atoms with Crippen molar-refractivity contribution in [3.8, 4) is 0 Å². The molecule has 2 nitrogen and oxygen atoms in total. The largest absolute Gasteiger partial charge is 0.329 e. The van der Waals surface area contributed by atoms with Gasteiger partial charge in [-0.2, -0.15) is 11.8 Å². The molecule has 1 aromatic rings. The van der Waals surface area contributed by atoms with Gasteiger partial charge in [-0.3, -0.25) is 4.90 Å². The molecule has 17 heavy (non-hydrogen) atoms. The average Bonchev–Trinajstić information content (AvgIpc) is 2.78. The van der Waals surface area contributed by atoms with Crippen LogP contribution in [0.1, 0.15) is 24.4 Å². The Bertz CT molecular complexity index is 348. The maximum atomic E-state index is 5.95. The Kier molecular flexibility index (Phi) is 5.36. The lowest BCUT2D eigenvalue weighted by Crippen LogP contribution is -2.40. The van der Waals surface area contributed by atoms with Crippen LogP contribution in [0.5, 0.6) is 0 Å². The molecule has 0 bridgehead atoms. The summed E-state index contributed by atoms with van der Waals surface area (Å²) in [4.78, 5) is 2.54. The van der Waals surface area contributed by atoms with Gasteiger partial charge >= 0.3 is 0 Å². The Hall–Kier alpha value is 0.450. The van der Waals surface area contributed by atoms with Crippen LogP contribution in [-0.4, -0.2) is 36.0 Å². The Morgan fingerprint density at radius 3 is 2.76 bits per heavy atom. The standard InChI is InChI=1S/C12H19BrN2S2/c1-16-10-2-4-15(5-3-10)11(7-14)9-6-12(13)17-8-9/h6,8,10-11H,2-5,7,14H2,1H3. The van der Waals surface area contributed by atoms with E-state index in [0.717, 1.165) is 5.25 Å². The van der Waals surface area contributed by atoms with Crippen LogP contribution < -0.4 is 5.73 Å². The van der Waals surface area contributed by atoms with Crippen LogP contribution in [0.4, 0.5) is 0 Å². The molecule has 2 heterocycles. The molecule has 5 heteroatoms. The molecular weight excluding hydrogens is 316 g/mol. The Morgan fingerprint density at radius 1 is 1.59 bits per heavy atom. The second-order valence-electron chi connectivity index (χ2n) is 4.41. The van der Waals surface area contributed by atoms with Gasteiger partial charge in [0.1, 0.15) is 0 Å². The van der Waals surface area contributed by atoms with E-state index in [1.807, 2.05) is 11.8 Å². The second kappa shape index (κ2) is 6.57. The molecule has 0 aromatic carbocycles. The molecule has 0 aliphatic carbocycles. The SMILES string of the molecule is CSC1CCN(C(CN)c2csc(Br)c2)CC1. The molecule has 1 aromatic heterocycles. The van der Waals surface area contributed by atoms with Crippen LogP contribution in [0.2, 0.25) is 0 Å². The zero-order valence-electron chi connectivity index (χ0n) is 10.1. The van der Waals surface area contributed by atoms with Crippen LogP contribution in [0.3, 0.4) is 0 Å². The lowest BCUT2D eigenvalue weighted by Gasteiger charge is -2.36. The van der Waals surface area contributed by atoms with Gasteiger partial charge in [0.05, 0.1) is 3.79 Å². The molecule has 0 radical (unpaired) electrons. The molecule has 0 amide bonds. The van der Waals surface area contributed by atoms with Gasteiger partial charge in [-0.05, 0) is 65.1 Å². The highest BCUT2D eigenvalue weighted by atomic mass is 79.9. The molecule has 0 saturated carbocycles.